The molecule has 7 nitrogen and oxygen atoms in total. The van der Waals surface area contributed by atoms with Crippen molar-refractivity contribution in [1.29, 1.82) is 0 Å². The van der Waals surface area contributed by atoms with Gasteiger partial charge in [0, 0.05) is 25.8 Å². The van der Waals surface area contributed by atoms with Crippen molar-refractivity contribution in [2.24, 2.45) is 0 Å². The second-order valence-corrected chi connectivity index (χ2v) is 8.63. The van der Waals surface area contributed by atoms with Gasteiger partial charge in [-0.1, -0.05) is 30.3 Å². The molecule has 2 aromatic carbocycles. The minimum absolute atomic E-state index is 0.0939. The van der Waals surface area contributed by atoms with Crippen molar-refractivity contribution in [3.8, 4) is 5.75 Å². The number of anilines is 1. The lowest BCUT2D eigenvalue weighted by Crippen LogP contribution is -2.31. The number of likely N-dealkylation sites (tertiary alicyclic amines) is 1. The van der Waals surface area contributed by atoms with Crippen LogP contribution in [0.3, 0.4) is 0 Å². The molecular formula is C26H30N2O5. The minimum atomic E-state index is -0.673. The van der Waals surface area contributed by atoms with Crippen LogP contribution in [0.5, 0.6) is 5.75 Å². The van der Waals surface area contributed by atoms with E-state index >= 15 is 0 Å². The summed E-state index contributed by atoms with van der Waals surface area (Å²) < 4.78 is 11.3. The number of aliphatic hydroxyl groups is 1. The van der Waals surface area contributed by atoms with Crippen LogP contribution in [0.4, 0.5) is 5.69 Å². The molecule has 174 valence electrons. The number of ether oxygens (including phenoxy) is 2. The van der Waals surface area contributed by atoms with Crippen LogP contribution in [-0.4, -0.2) is 61.2 Å². The average molecular weight is 451 g/mol. The van der Waals surface area contributed by atoms with E-state index in [1.54, 1.807) is 23.1 Å². The third kappa shape index (κ3) is 4.59. The Labute approximate surface area is 194 Å². The lowest BCUT2D eigenvalue weighted by Gasteiger charge is -2.28. The summed E-state index contributed by atoms with van der Waals surface area (Å²) >= 11 is 0. The molecule has 4 rings (SSSR count). The largest absolute Gasteiger partial charge is 0.507 e. The first-order valence-electron chi connectivity index (χ1n) is 11.3. The third-order valence-electron chi connectivity index (χ3n) is 5.98. The number of amides is 1. The van der Waals surface area contributed by atoms with Crippen molar-refractivity contribution in [3.63, 3.8) is 0 Å². The van der Waals surface area contributed by atoms with Gasteiger partial charge < -0.3 is 24.4 Å². The number of benzene rings is 2. The Morgan fingerprint density at radius 2 is 1.94 bits per heavy atom. The predicted molar refractivity (Wildman–Crippen MR) is 126 cm³/mol. The Morgan fingerprint density at radius 1 is 1.18 bits per heavy atom. The predicted octanol–water partition coefficient (Wildman–Crippen LogP) is 3.75. The SMILES string of the molecule is CC(C)OCCCN1C(=O)C(=O)/C(=C(\O)c2ccc3c(c2)N(C)CCO3)C1c1ccccc1. The zero-order valence-corrected chi connectivity index (χ0v) is 19.3. The number of fused-ring (bicyclic) bond motifs is 1. The zero-order chi connectivity index (χ0) is 23.5. The first-order valence-corrected chi connectivity index (χ1v) is 11.3. The summed E-state index contributed by atoms with van der Waals surface area (Å²) in [5.41, 5.74) is 2.20. The monoisotopic (exact) mass is 450 g/mol. The van der Waals surface area contributed by atoms with Gasteiger partial charge in [-0.3, -0.25) is 9.59 Å². The number of carbonyl (C=O) groups is 2. The molecule has 7 heteroatoms. The van der Waals surface area contributed by atoms with Crippen LogP contribution >= 0.6 is 0 Å². The van der Waals surface area contributed by atoms with Gasteiger partial charge in [-0.2, -0.15) is 0 Å². The van der Waals surface area contributed by atoms with Gasteiger partial charge in [-0.15, -0.1) is 0 Å². The fraction of sp³-hybridized carbons (Fsp3) is 0.385. The topological polar surface area (TPSA) is 79.3 Å². The molecule has 1 saturated heterocycles. The molecule has 0 saturated carbocycles. The highest BCUT2D eigenvalue weighted by atomic mass is 16.5. The maximum atomic E-state index is 13.1. The number of likely N-dealkylation sites (N-methyl/N-ethyl adjacent to an activating group) is 1. The number of aliphatic hydroxyl groups excluding tert-OH is 1. The molecule has 1 atom stereocenters. The van der Waals surface area contributed by atoms with E-state index in [2.05, 4.69) is 0 Å². The Balaban J connectivity index is 1.73. The summed E-state index contributed by atoms with van der Waals surface area (Å²) in [7, 11) is 1.95. The van der Waals surface area contributed by atoms with E-state index in [4.69, 9.17) is 9.47 Å². The van der Waals surface area contributed by atoms with Crippen LogP contribution in [0.2, 0.25) is 0 Å². The number of ketones is 1. The second kappa shape index (κ2) is 9.67. The van der Waals surface area contributed by atoms with E-state index in [0.717, 1.165) is 23.5 Å². The summed E-state index contributed by atoms with van der Waals surface area (Å²) in [4.78, 5) is 29.7. The summed E-state index contributed by atoms with van der Waals surface area (Å²) in [6, 6.07) is 14.0. The van der Waals surface area contributed by atoms with Crippen molar-refractivity contribution < 1.29 is 24.2 Å². The van der Waals surface area contributed by atoms with Gasteiger partial charge >= 0.3 is 0 Å². The van der Waals surface area contributed by atoms with Gasteiger partial charge in [-0.25, -0.2) is 0 Å². The molecule has 2 aliphatic heterocycles. The summed E-state index contributed by atoms with van der Waals surface area (Å²) in [6.45, 7) is 6.07. The van der Waals surface area contributed by atoms with Crippen LogP contribution < -0.4 is 9.64 Å². The fourth-order valence-electron chi connectivity index (χ4n) is 4.30. The first-order chi connectivity index (χ1) is 15.9. The van der Waals surface area contributed by atoms with Gasteiger partial charge in [0.15, 0.2) is 0 Å². The van der Waals surface area contributed by atoms with Crippen LogP contribution in [-0.2, 0) is 14.3 Å². The Hall–Kier alpha value is -3.32. The molecule has 1 amide bonds. The lowest BCUT2D eigenvalue weighted by molar-refractivity contribution is -0.140. The summed E-state index contributed by atoms with van der Waals surface area (Å²) in [5, 5.41) is 11.3. The Kier molecular flexibility index (Phi) is 6.70. The zero-order valence-electron chi connectivity index (χ0n) is 19.3. The number of nitrogens with zero attached hydrogens (tertiary/aromatic N) is 2. The Bertz CT molecular complexity index is 1060. The van der Waals surface area contributed by atoms with Crippen LogP contribution in [0, 0.1) is 0 Å². The maximum Gasteiger partial charge on any atom is 0.295 e. The van der Waals surface area contributed by atoms with Gasteiger partial charge in [-0.05, 0) is 44.0 Å². The summed E-state index contributed by atoms with van der Waals surface area (Å²) in [6.07, 6.45) is 0.687. The number of hydrogen-bond acceptors (Lipinski definition) is 6. The molecule has 0 bridgehead atoms. The highest BCUT2D eigenvalue weighted by Crippen LogP contribution is 2.41. The van der Waals surface area contributed by atoms with Gasteiger partial charge in [0.2, 0.25) is 0 Å². The van der Waals surface area contributed by atoms with E-state index < -0.39 is 17.7 Å². The average Bonchev–Trinajstić information content (AvgIpc) is 3.07. The Morgan fingerprint density at radius 3 is 2.67 bits per heavy atom. The molecular weight excluding hydrogens is 420 g/mol. The van der Waals surface area contributed by atoms with Crippen molar-refractivity contribution >= 4 is 23.1 Å². The molecule has 2 heterocycles. The normalized spacial score (nSPS) is 19.7. The van der Waals surface area contributed by atoms with E-state index in [1.165, 1.54) is 0 Å². The standard InChI is InChI=1S/C26H30N2O5/c1-17(2)32-14-7-12-28-23(18-8-5-4-6-9-18)22(25(30)26(28)31)24(29)19-10-11-21-20(16-19)27(3)13-15-33-21/h4-6,8-11,16-17,23,29H,7,12-15H2,1-3H3/b24-22-. The molecule has 1 unspecified atom stereocenters. The van der Waals surface area contributed by atoms with Gasteiger partial charge in [0.1, 0.15) is 18.1 Å². The van der Waals surface area contributed by atoms with Gasteiger partial charge in [0.25, 0.3) is 11.7 Å². The molecule has 1 N–H and O–H groups in total. The number of hydrogen-bond donors (Lipinski definition) is 1. The molecule has 0 aliphatic carbocycles. The molecule has 1 fully saturated rings. The quantitative estimate of drug-likeness (QED) is 0.300. The highest BCUT2D eigenvalue weighted by Gasteiger charge is 2.45. The van der Waals surface area contributed by atoms with Gasteiger partial charge in [0.05, 0.1) is 30.0 Å². The molecule has 2 aliphatic rings. The molecule has 33 heavy (non-hydrogen) atoms. The summed E-state index contributed by atoms with van der Waals surface area (Å²) in [5.74, 6) is -0.725. The third-order valence-corrected chi connectivity index (χ3v) is 5.98. The lowest BCUT2D eigenvalue weighted by atomic mass is 9.95. The highest BCUT2D eigenvalue weighted by molar-refractivity contribution is 6.46. The van der Waals surface area contributed by atoms with Crippen molar-refractivity contribution in [2.75, 3.05) is 38.3 Å². The fourth-order valence-corrected chi connectivity index (χ4v) is 4.30. The first kappa shape index (κ1) is 22.9. The molecule has 2 aromatic rings. The van der Waals surface area contributed by atoms with Crippen molar-refractivity contribution in [2.45, 2.75) is 32.4 Å². The van der Waals surface area contributed by atoms with E-state index in [1.807, 2.05) is 56.1 Å². The smallest absolute Gasteiger partial charge is 0.295 e. The molecule has 0 spiro atoms. The number of carbonyl (C=O) groups excluding carboxylic acids is 2. The maximum absolute atomic E-state index is 13.1. The second-order valence-electron chi connectivity index (χ2n) is 8.63. The van der Waals surface area contributed by atoms with E-state index in [0.29, 0.717) is 31.7 Å². The number of rotatable bonds is 7. The van der Waals surface area contributed by atoms with Crippen molar-refractivity contribution in [3.05, 3.63) is 65.2 Å². The molecule has 0 radical (unpaired) electrons. The number of Topliss-reactive ketones (excluding diaryl/α,β-unsaturated/α-hetero) is 1. The van der Waals surface area contributed by atoms with Crippen molar-refractivity contribution in [1.82, 2.24) is 4.90 Å². The van der Waals surface area contributed by atoms with E-state index in [-0.39, 0.29) is 17.4 Å². The van der Waals surface area contributed by atoms with Crippen LogP contribution in [0.25, 0.3) is 5.76 Å². The van der Waals surface area contributed by atoms with Crippen LogP contribution in [0.1, 0.15) is 37.4 Å². The van der Waals surface area contributed by atoms with E-state index in [9.17, 15) is 14.7 Å². The minimum Gasteiger partial charge on any atom is -0.507 e. The van der Waals surface area contributed by atoms with Crippen LogP contribution in [0.15, 0.2) is 54.1 Å². The molecule has 0 aromatic heterocycles.